The molecular formula is C16H25N. The van der Waals surface area contributed by atoms with Crippen molar-refractivity contribution in [3.05, 3.63) is 35.4 Å². The van der Waals surface area contributed by atoms with Gasteiger partial charge in [0.05, 0.1) is 0 Å². The first-order valence-corrected chi connectivity index (χ1v) is 6.94. The highest BCUT2D eigenvalue weighted by molar-refractivity contribution is 5.25. The van der Waals surface area contributed by atoms with Crippen molar-refractivity contribution in [3.63, 3.8) is 0 Å². The zero-order chi connectivity index (χ0) is 12.3. The van der Waals surface area contributed by atoms with Crippen LogP contribution in [0, 0.1) is 11.8 Å². The summed E-state index contributed by atoms with van der Waals surface area (Å²) < 4.78 is 0. The van der Waals surface area contributed by atoms with Crippen molar-refractivity contribution in [1.82, 2.24) is 5.32 Å². The van der Waals surface area contributed by atoms with Gasteiger partial charge in [-0.2, -0.15) is 0 Å². The van der Waals surface area contributed by atoms with Gasteiger partial charge in [-0.25, -0.2) is 0 Å². The van der Waals surface area contributed by atoms with E-state index in [4.69, 9.17) is 0 Å². The predicted octanol–water partition coefficient (Wildman–Crippen LogP) is 3.60. The molecule has 0 saturated heterocycles. The van der Waals surface area contributed by atoms with Gasteiger partial charge >= 0.3 is 0 Å². The Bertz CT molecular complexity index is 339. The number of rotatable bonds is 5. The molecule has 2 atom stereocenters. The van der Waals surface area contributed by atoms with Gasteiger partial charge < -0.3 is 5.32 Å². The van der Waals surface area contributed by atoms with Gasteiger partial charge in [0.15, 0.2) is 0 Å². The van der Waals surface area contributed by atoms with E-state index in [2.05, 4.69) is 50.5 Å². The van der Waals surface area contributed by atoms with Crippen LogP contribution in [0.3, 0.4) is 0 Å². The van der Waals surface area contributed by atoms with Gasteiger partial charge in [0.25, 0.3) is 0 Å². The molecular weight excluding hydrogens is 206 g/mol. The summed E-state index contributed by atoms with van der Waals surface area (Å²) in [6.45, 7) is 5.70. The van der Waals surface area contributed by atoms with Crippen molar-refractivity contribution in [1.29, 1.82) is 0 Å². The van der Waals surface area contributed by atoms with Crippen LogP contribution < -0.4 is 5.32 Å². The SMILES string of the molecule is CNCC1CCC1Cc1ccc(C(C)C)cc1. The van der Waals surface area contributed by atoms with Gasteiger partial charge in [-0.3, -0.25) is 0 Å². The second-order valence-corrected chi connectivity index (χ2v) is 5.76. The van der Waals surface area contributed by atoms with Gasteiger partial charge in [-0.05, 0) is 61.7 Å². The second-order valence-electron chi connectivity index (χ2n) is 5.76. The van der Waals surface area contributed by atoms with Crippen molar-refractivity contribution in [2.24, 2.45) is 11.8 Å². The van der Waals surface area contributed by atoms with Gasteiger partial charge in [0, 0.05) is 0 Å². The average molecular weight is 231 g/mol. The fraction of sp³-hybridized carbons (Fsp3) is 0.625. The summed E-state index contributed by atoms with van der Waals surface area (Å²) in [4.78, 5) is 0. The Labute approximate surface area is 106 Å². The van der Waals surface area contributed by atoms with E-state index < -0.39 is 0 Å². The minimum Gasteiger partial charge on any atom is -0.319 e. The molecule has 1 heteroatoms. The minimum absolute atomic E-state index is 0.643. The Morgan fingerprint density at radius 1 is 1.12 bits per heavy atom. The van der Waals surface area contributed by atoms with Crippen LogP contribution in [0.5, 0.6) is 0 Å². The molecule has 1 nitrogen and oxygen atoms in total. The Balaban J connectivity index is 1.90. The maximum absolute atomic E-state index is 3.31. The molecule has 0 aliphatic heterocycles. The quantitative estimate of drug-likeness (QED) is 0.816. The second kappa shape index (κ2) is 5.68. The monoisotopic (exact) mass is 231 g/mol. The van der Waals surface area contributed by atoms with E-state index in [1.165, 1.54) is 36.9 Å². The van der Waals surface area contributed by atoms with Crippen LogP contribution in [0.1, 0.15) is 43.7 Å². The zero-order valence-corrected chi connectivity index (χ0v) is 11.4. The standard InChI is InChI=1S/C16H25N/c1-12(2)14-6-4-13(5-7-14)10-15-8-9-16(15)11-17-3/h4-7,12,15-17H,8-11H2,1-3H3. The number of hydrogen-bond acceptors (Lipinski definition) is 1. The molecule has 0 radical (unpaired) electrons. The molecule has 2 rings (SSSR count). The first kappa shape index (κ1) is 12.6. The van der Waals surface area contributed by atoms with Crippen LogP contribution in [0.2, 0.25) is 0 Å². The Kier molecular flexibility index (Phi) is 4.22. The first-order chi connectivity index (χ1) is 8.20. The Morgan fingerprint density at radius 3 is 2.24 bits per heavy atom. The summed E-state index contributed by atoms with van der Waals surface area (Å²) in [5.41, 5.74) is 2.97. The molecule has 1 N–H and O–H groups in total. The summed E-state index contributed by atoms with van der Waals surface area (Å²) in [6, 6.07) is 9.24. The zero-order valence-electron chi connectivity index (χ0n) is 11.4. The van der Waals surface area contributed by atoms with Crippen LogP contribution in [0.25, 0.3) is 0 Å². The molecule has 2 unspecified atom stereocenters. The van der Waals surface area contributed by atoms with Crippen molar-refractivity contribution < 1.29 is 0 Å². The van der Waals surface area contributed by atoms with Crippen LogP contribution in [0.4, 0.5) is 0 Å². The van der Waals surface area contributed by atoms with E-state index in [9.17, 15) is 0 Å². The molecule has 0 bridgehead atoms. The molecule has 0 aromatic heterocycles. The third kappa shape index (κ3) is 3.10. The molecule has 0 amide bonds. The fourth-order valence-electron chi connectivity index (χ4n) is 2.78. The van der Waals surface area contributed by atoms with Crippen molar-refractivity contribution in [3.8, 4) is 0 Å². The lowest BCUT2D eigenvalue weighted by molar-refractivity contribution is 0.174. The molecule has 1 aromatic rings. The van der Waals surface area contributed by atoms with E-state index in [0.717, 1.165) is 11.8 Å². The van der Waals surface area contributed by atoms with Crippen LogP contribution in [-0.2, 0) is 6.42 Å². The number of benzene rings is 1. The average Bonchev–Trinajstić information content (AvgIpc) is 2.32. The van der Waals surface area contributed by atoms with Crippen molar-refractivity contribution in [2.75, 3.05) is 13.6 Å². The number of nitrogens with one attached hydrogen (secondary N) is 1. The lowest BCUT2D eigenvalue weighted by Gasteiger charge is -2.36. The van der Waals surface area contributed by atoms with Gasteiger partial charge in [0.2, 0.25) is 0 Å². The summed E-state index contributed by atoms with van der Waals surface area (Å²) >= 11 is 0. The van der Waals surface area contributed by atoms with Gasteiger partial charge in [-0.1, -0.05) is 38.1 Å². The molecule has 17 heavy (non-hydrogen) atoms. The molecule has 1 fully saturated rings. The van der Waals surface area contributed by atoms with Crippen LogP contribution in [-0.4, -0.2) is 13.6 Å². The minimum atomic E-state index is 0.643. The molecule has 1 aliphatic rings. The predicted molar refractivity (Wildman–Crippen MR) is 74.4 cm³/mol. The highest BCUT2D eigenvalue weighted by Crippen LogP contribution is 2.36. The maximum atomic E-state index is 3.31. The Hall–Kier alpha value is -0.820. The highest BCUT2D eigenvalue weighted by Gasteiger charge is 2.29. The largest absolute Gasteiger partial charge is 0.319 e. The van der Waals surface area contributed by atoms with E-state index in [1.54, 1.807) is 0 Å². The van der Waals surface area contributed by atoms with E-state index in [1.807, 2.05) is 0 Å². The van der Waals surface area contributed by atoms with Gasteiger partial charge in [-0.15, -0.1) is 0 Å². The molecule has 94 valence electrons. The summed E-state index contributed by atoms with van der Waals surface area (Å²) in [7, 11) is 2.06. The number of hydrogen-bond donors (Lipinski definition) is 1. The molecule has 1 aromatic carbocycles. The lowest BCUT2D eigenvalue weighted by atomic mass is 9.70. The normalized spacial score (nSPS) is 23.8. The smallest absolute Gasteiger partial charge is 0.00208 e. The molecule has 1 saturated carbocycles. The molecule has 1 aliphatic carbocycles. The topological polar surface area (TPSA) is 12.0 Å². The van der Waals surface area contributed by atoms with E-state index in [0.29, 0.717) is 5.92 Å². The molecule has 0 spiro atoms. The maximum Gasteiger partial charge on any atom is -0.00208 e. The lowest BCUT2D eigenvalue weighted by Crippen LogP contribution is -2.35. The van der Waals surface area contributed by atoms with E-state index in [-0.39, 0.29) is 0 Å². The Morgan fingerprint density at radius 2 is 1.76 bits per heavy atom. The van der Waals surface area contributed by atoms with Crippen molar-refractivity contribution in [2.45, 2.75) is 39.0 Å². The van der Waals surface area contributed by atoms with Gasteiger partial charge in [0.1, 0.15) is 0 Å². The third-order valence-electron chi connectivity index (χ3n) is 4.19. The van der Waals surface area contributed by atoms with E-state index >= 15 is 0 Å². The molecule has 0 heterocycles. The summed E-state index contributed by atoms with van der Waals surface area (Å²) in [5.74, 6) is 2.46. The fourth-order valence-corrected chi connectivity index (χ4v) is 2.78. The first-order valence-electron chi connectivity index (χ1n) is 6.94. The third-order valence-corrected chi connectivity index (χ3v) is 4.19. The van der Waals surface area contributed by atoms with Crippen molar-refractivity contribution >= 4 is 0 Å². The highest BCUT2D eigenvalue weighted by atomic mass is 14.8. The summed E-state index contributed by atoms with van der Waals surface area (Å²) in [6.07, 6.45) is 4.10. The summed E-state index contributed by atoms with van der Waals surface area (Å²) in [5, 5.41) is 3.31. The van der Waals surface area contributed by atoms with Crippen LogP contribution >= 0.6 is 0 Å². The van der Waals surface area contributed by atoms with Crippen LogP contribution in [0.15, 0.2) is 24.3 Å².